The Bertz CT molecular complexity index is 584. The molecule has 0 fully saturated rings. The van der Waals surface area contributed by atoms with Crippen LogP contribution in [0.4, 0.5) is 5.82 Å². The maximum Gasteiger partial charge on any atom is 0.160 e. The molecule has 0 saturated carbocycles. The number of aryl methyl sites for hydroxylation is 2. The van der Waals surface area contributed by atoms with Crippen LogP contribution >= 0.6 is 0 Å². The topological polar surface area (TPSA) is 68.8 Å². The summed E-state index contributed by atoms with van der Waals surface area (Å²) in [5.41, 5.74) is 10.8. The zero-order valence-electron chi connectivity index (χ0n) is 10.2. The van der Waals surface area contributed by atoms with Crippen molar-refractivity contribution in [3.8, 4) is 0 Å². The average molecular weight is 231 g/mol. The van der Waals surface area contributed by atoms with Gasteiger partial charge in [0.15, 0.2) is 11.5 Å². The highest BCUT2D eigenvalue weighted by Gasteiger charge is 2.21. The summed E-state index contributed by atoms with van der Waals surface area (Å²) in [5.74, 6) is 0.595. The summed E-state index contributed by atoms with van der Waals surface area (Å²) in [7, 11) is 1.90. The molecular formula is C12H17N5. The molecule has 0 unspecified atom stereocenters. The number of rotatable bonds is 1. The van der Waals surface area contributed by atoms with Crippen LogP contribution in [-0.2, 0) is 26.4 Å². The molecule has 5 heteroatoms. The first kappa shape index (κ1) is 10.5. The van der Waals surface area contributed by atoms with Crippen LogP contribution in [0.1, 0.15) is 23.7 Å². The average Bonchev–Trinajstić information content (AvgIpc) is 2.64. The first-order chi connectivity index (χ1) is 8.22. The van der Waals surface area contributed by atoms with Gasteiger partial charge in [0.25, 0.3) is 0 Å². The number of pyridine rings is 1. The summed E-state index contributed by atoms with van der Waals surface area (Å²) in [4.78, 5) is 4.72. The summed E-state index contributed by atoms with van der Waals surface area (Å²) in [6.07, 6.45) is 2.00. The van der Waals surface area contributed by atoms with Crippen LogP contribution in [0.3, 0.4) is 0 Å². The molecular weight excluding hydrogens is 214 g/mol. The highest BCUT2D eigenvalue weighted by atomic mass is 15.3. The molecule has 0 amide bonds. The Morgan fingerprint density at radius 2 is 2.24 bits per heavy atom. The zero-order chi connectivity index (χ0) is 12.0. The number of hydrogen-bond acceptors (Lipinski definition) is 4. The van der Waals surface area contributed by atoms with Crippen LogP contribution in [0.25, 0.3) is 11.0 Å². The molecule has 0 atom stereocenters. The predicted molar refractivity (Wildman–Crippen MR) is 67.7 cm³/mol. The summed E-state index contributed by atoms with van der Waals surface area (Å²) >= 11 is 0. The molecule has 17 heavy (non-hydrogen) atoms. The zero-order valence-corrected chi connectivity index (χ0v) is 10.2. The van der Waals surface area contributed by atoms with Crippen LogP contribution < -0.4 is 11.1 Å². The molecule has 2 aromatic rings. The molecule has 0 saturated heterocycles. The van der Waals surface area contributed by atoms with Crippen molar-refractivity contribution in [2.45, 2.75) is 26.3 Å². The van der Waals surface area contributed by atoms with Crippen LogP contribution in [0.2, 0.25) is 0 Å². The van der Waals surface area contributed by atoms with Crippen LogP contribution in [-0.4, -0.2) is 21.3 Å². The number of nitrogens with zero attached hydrogens (tertiary/aromatic N) is 3. The van der Waals surface area contributed by atoms with E-state index in [1.807, 2.05) is 7.05 Å². The maximum atomic E-state index is 5.99. The highest BCUT2D eigenvalue weighted by Crippen LogP contribution is 2.29. The molecule has 1 aliphatic heterocycles. The van der Waals surface area contributed by atoms with Gasteiger partial charge in [-0.25, -0.2) is 9.67 Å². The fourth-order valence-corrected chi connectivity index (χ4v) is 2.68. The fourth-order valence-electron chi connectivity index (χ4n) is 2.68. The van der Waals surface area contributed by atoms with Gasteiger partial charge < -0.3 is 11.1 Å². The molecule has 0 bridgehead atoms. The van der Waals surface area contributed by atoms with Gasteiger partial charge in [0.1, 0.15) is 0 Å². The number of aromatic nitrogens is 3. The molecule has 3 N–H and O–H groups in total. The molecule has 0 aliphatic carbocycles. The molecule has 1 aliphatic rings. The third-order valence-corrected chi connectivity index (χ3v) is 3.49. The Labute approximate surface area is 100 Å². The molecule has 90 valence electrons. The molecule has 3 rings (SSSR count). The van der Waals surface area contributed by atoms with Crippen molar-refractivity contribution in [3.63, 3.8) is 0 Å². The Balaban J connectivity index is 2.41. The van der Waals surface area contributed by atoms with Crippen molar-refractivity contribution in [3.05, 3.63) is 16.8 Å². The van der Waals surface area contributed by atoms with Gasteiger partial charge in [-0.15, -0.1) is 0 Å². The van der Waals surface area contributed by atoms with Gasteiger partial charge in [0.05, 0.1) is 5.39 Å². The highest BCUT2D eigenvalue weighted by molar-refractivity contribution is 5.91. The second kappa shape index (κ2) is 3.70. The van der Waals surface area contributed by atoms with Gasteiger partial charge in [-0.05, 0) is 30.5 Å². The molecule has 3 heterocycles. The number of hydrogen-bond donors (Lipinski definition) is 2. The van der Waals surface area contributed by atoms with E-state index < -0.39 is 0 Å². The maximum absolute atomic E-state index is 5.99. The van der Waals surface area contributed by atoms with Gasteiger partial charge in [0, 0.05) is 19.3 Å². The Morgan fingerprint density at radius 1 is 1.41 bits per heavy atom. The number of nitrogens with one attached hydrogen (secondary N) is 1. The lowest BCUT2D eigenvalue weighted by atomic mass is 9.96. The van der Waals surface area contributed by atoms with Gasteiger partial charge in [-0.3, -0.25) is 0 Å². The summed E-state index contributed by atoms with van der Waals surface area (Å²) < 4.78 is 1.78. The SMILES string of the molecule is CCc1nc2c(c(N)nn2C)c2c1CCNC2. The minimum absolute atomic E-state index is 0.595. The first-order valence-electron chi connectivity index (χ1n) is 6.06. The smallest absolute Gasteiger partial charge is 0.160 e. The van der Waals surface area contributed by atoms with Gasteiger partial charge in [0.2, 0.25) is 0 Å². The third-order valence-electron chi connectivity index (χ3n) is 3.49. The van der Waals surface area contributed by atoms with Crippen molar-refractivity contribution in [1.29, 1.82) is 0 Å². The van der Waals surface area contributed by atoms with Crippen LogP contribution in [0.15, 0.2) is 0 Å². The number of anilines is 1. The first-order valence-corrected chi connectivity index (χ1v) is 6.06. The third kappa shape index (κ3) is 1.42. The second-order valence-corrected chi connectivity index (χ2v) is 4.50. The fraction of sp³-hybridized carbons (Fsp3) is 0.500. The van der Waals surface area contributed by atoms with Gasteiger partial charge in [-0.2, -0.15) is 5.10 Å². The van der Waals surface area contributed by atoms with E-state index in [1.54, 1.807) is 4.68 Å². The Hall–Kier alpha value is -1.62. The standard InChI is InChI=1S/C12H17N5/c1-3-9-7-4-5-14-6-8(7)10-11(13)16-17(2)12(10)15-9/h14H,3-6H2,1-2H3,(H2,13,16). The van der Waals surface area contributed by atoms with E-state index in [-0.39, 0.29) is 0 Å². The largest absolute Gasteiger partial charge is 0.382 e. The summed E-state index contributed by atoms with van der Waals surface area (Å²) in [5, 5.41) is 8.71. The van der Waals surface area contributed by atoms with Crippen molar-refractivity contribution >= 4 is 16.9 Å². The van der Waals surface area contributed by atoms with E-state index in [1.165, 1.54) is 16.8 Å². The molecule has 0 spiro atoms. The van der Waals surface area contributed by atoms with Crippen molar-refractivity contribution in [1.82, 2.24) is 20.1 Å². The second-order valence-electron chi connectivity index (χ2n) is 4.50. The lowest BCUT2D eigenvalue weighted by Gasteiger charge is -2.20. The monoisotopic (exact) mass is 231 g/mol. The number of nitrogen functional groups attached to an aromatic ring is 1. The van der Waals surface area contributed by atoms with Gasteiger partial charge >= 0.3 is 0 Å². The molecule has 0 aromatic carbocycles. The lowest BCUT2D eigenvalue weighted by Crippen LogP contribution is -2.25. The quantitative estimate of drug-likeness (QED) is 0.760. The lowest BCUT2D eigenvalue weighted by molar-refractivity contribution is 0.639. The minimum Gasteiger partial charge on any atom is -0.382 e. The predicted octanol–water partition coefficient (Wildman–Crippen LogP) is 0.759. The van der Waals surface area contributed by atoms with E-state index in [9.17, 15) is 0 Å². The molecule has 2 aromatic heterocycles. The molecule has 5 nitrogen and oxygen atoms in total. The van der Waals surface area contributed by atoms with Crippen LogP contribution in [0.5, 0.6) is 0 Å². The normalized spacial score (nSPS) is 15.2. The van der Waals surface area contributed by atoms with E-state index >= 15 is 0 Å². The van der Waals surface area contributed by atoms with E-state index in [4.69, 9.17) is 10.7 Å². The van der Waals surface area contributed by atoms with E-state index in [0.717, 1.165) is 37.0 Å². The van der Waals surface area contributed by atoms with Gasteiger partial charge in [-0.1, -0.05) is 6.92 Å². The Kier molecular flexibility index (Phi) is 2.29. The summed E-state index contributed by atoms with van der Waals surface area (Å²) in [6, 6.07) is 0. The number of fused-ring (bicyclic) bond motifs is 3. The van der Waals surface area contributed by atoms with Crippen LogP contribution in [0, 0.1) is 0 Å². The minimum atomic E-state index is 0.595. The van der Waals surface area contributed by atoms with E-state index in [2.05, 4.69) is 17.3 Å². The Morgan fingerprint density at radius 3 is 3.00 bits per heavy atom. The van der Waals surface area contributed by atoms with Crippen molar-refractivity contribution in [2.24, 2.45) is 7.05 Å². The molecule has 0 radical (unpaired) electrons. The number of nitrogens with two attached hydrogens (primary N) is 1. The van der Waals surface area contributed by atoms with Crippen molar-refractivity contribution < 1.29 is 0 Å². The summed E-state index contributed by atoms with van der Waals surface area (Å²) in [6.45, 7) is 4.04. The van der Waals surface area contributed by atoms with E-state index in [0.29, 0.717) is 5.82 Å². The van der Waals surface area contributed by atoms with Crippen molar-refractivity contribution in [2.75, 3.05) is 12.3 Å².